The van der Waals surface area contributed by atoms with E-state index < -0.39 is 17.9 Å². The number of ether oxygens (including phenoxy) is 4. The van der Waals surface area contributed by atoms with E-state index in [1.165, 1.54) is 13.2 Å². The smallest absolute Gasteiger partial charge is 0.345 e. The monoisotopic (exact) mass is 320 g/mol. The third-order valence-corrected chi connectivity index (χ3v) is 2.63. The summed E-state index contributed by atoms with van der Waals surface area (Å²) in [4.78, 5) is 34.3. The maximum absolute atomic E-state index is 11.7. The van der Waals surface area contributed by atoms with E-state index in [1.807, 2.05) is 0 Å². The first kappa shape index (κ1) is 18.0. The molecule has 0 spiro atoms. The molecule has 0 bridgehead atoms. The molecule has 0 aliphatic heterocycles. The fourth-order valence-electron chi connectivity index (χ4n) is 1.51. The van der Waals surface area contributed by atoms with E-state index in [4.69, 9.17) is 4.74 Å². The van der Waals surface area contributed by atoms with Crippen LogP contribution in [0, 0.1) is 0 Å². The van der Waals surface area contributed by atoms with Crippen molar-refractivity contribution in [2.45, 2.75) is 0 Å². The molecular weight excluding hydrogens is 304 g/mol. The Hall–Kier alpha value is -3.09. The van der Waals surface area contributed by atoms with E-state index in [2.05, 4.69) is 14.2 Å². The summed E-state index contributed by atoms with van der Waals surface area (Å²) in [7, 11) is 3.55. The molecule has 23 heavy (non-hydrogen) atoms. The molecule has 122 valence electrons. The second-order valence-electron chi connectivity index (χ2n) is 4.02. The van der Waals surface area contributed by atoms with Gasteiger partial charge in [0.15, 0.2) is 0 Å². The SMILES string of the molecule is COC(=O)/C=C/Oc1ccccc1C=C(C(=O)OC)C(=O)OC. The first-order valence-corrected chi connectivity index (χ1v) is 6.42. The van der Waals surface area contributed by atoms with Crippen LogP contribution in [0.25, 0.3) is 6.08 Å². The molecule has 0 saturated carbocycles. The molecule has 0 aromatic heterocycles. The Labute approximate surface area is 133 Å². The van der Waals surface area contributed by atoms with Gasteiger partial charge in [-0.1, -0.05) is 18.2 Å². The van der Waals surface area contributed by atoms with Crippen molar-refractivity contribution < 1.29 is 33.3 Å². The van der Waals surface area contributed by atoms with Crippen molar-refractivity contribution in [1.82, 2.24) is 0 Å². The summed E-state index contributed by atoms with van der Waals surface area (Å²) in [6.07, 6.45) is 3.50. The van der Waals surface area contributed by atoms with Crippen LogP contribution in [0.4, 0.5) is 0 Å². The standard InChI is InChI=1S/C16H16O7/c1-20-14(17)8-9-23-13-7-5-4-6-11(13)10-12(15(18)21-2)16(19)22-3/h4-10H,1-3H3/b9-8+. The maximum Gasteiger partial charge on any atom is 0.345 e. The average molecular weight is 320 g/mol. The summed E-state index contributed by atoms with van der Waals surface area (Å²) in [6, 6.07) is 6.59. The Kier molecular flexibility index (Phi) is 7.06. The fraction of sp³-hybridized carbons (Fsp3) is 0.188. The molecule has 0 atom stereocenters. The lowest BCUT2D eigenvalue weighted by Gasteiger charge is -2.07. The van der Waals surface area contributed by atoms with Crippen LogP contribution < -0.4 is 4.74 Å². The Morgan fingerprint density at radius 3 is 2.09 bits per heavy atom. The summed E-state index contributed by atoms with van der Waals surface area (Å²) in [5, 5.41) is 0. The Balaban J connectivity index is 3.13. The zero-order valence-electron chi connectivity index (χ0n) is 12.9. The van der Waals surface area contributed by atoms with Gasteiger partial charge < -0.3 is 18.9 Å². The Morgan fingerprint density at radius 1 is 0.913 bits per heavy atom. The summed E-state index contributed by atoms with van der Waals surface area (Å²) in [5.74, 6) is -1.94. The number of hydrogen-bond acceptors (Lipinski definition) is 7. The van der Waals surface area contributed by atoms with Crippen LogP contribution in [-0.2, 0) is 28.6 Å². The summed E-state index contributed by atoms with van der Waals surface area (Å²) >= 11 is 0. The molecule has 0 fully saturated rings. The van der Waals surface area contributed by atoms with E-state index in [0.717, 1.165) is 26.6 Å². The molecule has 0 amide bonds. The minimum absolute atomic E-state index is 0.289. The number of para-hydroxylation sites is 1. The van der Waals surface area contributed by atoms with Crippen molar-refractivity contribution in [2.24, 2.45) is 0 Å². The zero-order chi connectivity index (χ0) is 17.2. The molecule has 7 nitrogen and oxygen atoms in total. The summed E-state index contributed by atoms with van der Waals surface area (Å²) in [6.45, 7) is 0. The van der Waals surface area contributed by atoms with Crippen molar-refractivity contribution in [3.05, 3.63) is 47.7 Å². The highest BCUT2D eigenvalue weighted by atomic mass is 16.5. The number of rotatable bonds is 6. The van der Waals surface area contributed by atoms with E-state index in [-0.39, 0.29) is 5.57 Å². The fourth-order valence-corrected chi connectivity index (χ4v) is 1.51. The lowest BCUT2D eigenvalue weighted by Crippen LogP contribution is -2.15. The highest BCUT2D eigenvalue weighted by molar-refractivity contribution is 6.17. The molecular formula is C16H16O7. The van der Waals surface area contributed by atoms with Crippen molar-refractivity contribution in [3.8, 4) is 5.75 Å². The van der Waals surface area contributed by atoms with Gasteiger partial charge in [0.2, 0.25) is 0 Å². The number of carbonyl (C=O) groups is 3. The number of esters is 3. The van der Waals surface area contributed by atoms with Gasteiger partial charge in [0.25, 0.3) is 0 Å². The van der Waals surface area contributed by atoms with Gasteiger partial charge in [-0.05, 0) is 12.1 Å². The zero-order valence-corrected chi connectivity index (χ0v) is 12.9. The molecule has 1 aromatic rings. The summed E-state index contributed by atoms with van der Waals surface area (Å²) in [5.41, 5.74) is 0.135. The second kappa shape index (κ2) is 9.04. The average Bonchev–Trinajstić information content (AvgIpc) is 2.59. The van der Waals surface area contributed by atoms with Crippen LogP contribution >= 0.6 is 0 Å². The third-order valence-electron chi connectivity index (χ3n) is 2.63. The molecule has 0 saturated heterocycles. The van der Waals surface area contributed by atoms with Crippen LogP contribution in [0.3, 0.4) is 0 Å². The van der Waals surface area contributed by atoms with Gasteiger partial charge in [0.1, 0.15) is 11.3 Å². The van der Waals surface area contributed by atoms with Gasteiger partial charge in [0, 0.05) is 5.56 Å². The van der Waals surface area contributed by atoms with Crippen LogP contribution in [-0.4, -0.2) is 39.2 Å². The Morgan fingerprint density at radius 2 is 1.52 bits per heavy atom. The van der Waals surface area contributed by atoms with Crippen LogP contribution in [0.1, 0.15) is 5.56 Å². The van der Waals surface area contributed by atoms with Gasteiger partial charge in [0.05, 0.1) is 33.7 Å². The highest BCUT2D eigenvalue weighted by Gasteiger charge is 2.20. The van der Waals surface area contributed by atoms with E-state index in [0.29, 0.717) is 11.3 Å². The predicted octanol–water partition coefficient (Wildman–Crippen LogP) is 1.48. The molecule has 0 aliphatic rings. The van der Waals surface area contributed by atoms with Gasteiger partial charge in [-0.3, -0.25) is 0 Å². The van der Waals surface area contributed by atoms with Crippen LogP contribution in [0.5, 0.6) is 5.75 Å². The van der Waals surface area contributed by atoms with Crippen LogP contribution in [0.2, 0.25) is 0 Å². The molecule has 1 rings (SSSR count). The minimum Gasteiger partial charge on any atom is -0.466 e. The van der Waals surface area contributed by atoms with Crippen molar-refractivity contribution in [1.29, 1.82) is 0 Å². The molecule has 1 aromatic carbocycles. The van der Waals surface area contributed by atoms with Crippen molar-refractivity contribution >= 4 is 24.0 Å². The number of carbonyl (C=O) groups excluding carboxylic acids is 3. The van der Waals surface area contributed by atoms with Gasteiger partial charge >= 0.3 is 17.9 Å². The minimum atomic E-state index is -0.836. The lowest BCUT2D eigenvalue weighted by molar-refractivity contribution is -0.144. The maximum atomic E-state index is 11.7. The molecule has 0 N–H and O–H groups in total. The topological polar surface area (TPSA) is 88.1 Å². The van der Waals surface area contributed by atoms with E-state index in [1.54, 1.807) is 24.3 Å². The highest BCUT2D eigenvalue weighted by Crippen LogP contribution is 2.22. The third kappa shape index (κ3) is 5.31. The van der Waals surface area contributed by atoms with E-state index in [9.17, 15) is 14.4 Å². The largest absolute Gasteiger partial charge is 0.466 e. The first-order valence-electron chi connectivity index (χ1n) is 6.42. The van der Waals surface area contributed by atoms with Gasteiger partial charge in [-0.15, -0.1) is 0 Å². The quantitative estimate of drug-likeness (QED) is 0.196. The number of benzene rings is 1. The Bertz CT molecular complexity index is 626. The van der Waals surface area contributed by atoms with Crippen molar-refractivity contribution in [2.75, 3.05) is 21.3 Å². The number of methoxy groups -OCH3 is 3. The van der Waals surface area contributed by atoms with Gasteiger partial charge in [-0.25, -0.2) is 14.4 Å². The van der Waals surface area contributed by atoms with Crippen molar-refractivity contribution in [3.63, 3.8) is 0 Å². The molecule has 7 heteroatoms. The lowest BCUT2D eigenvalue weighted by atomic mass is 10.1. The van der Waals surface area contributed by atoms with Gasteiger partial charge in [-0.2, -0.15) is 0 Å². The van der Waals surface area contributed by atoms with E-state index >= 15 is 0 Å². The number of hydrogen-bond donors (Lipinski definition) is 0. The predicted molar refractivity (Wildman–Crippen MR) is 80.2 cm³/mol. The first-order chi connectivity index (χ1) is 11.0. The summed E-state index contributed by atoms with van der Waals surface area (Å²) < 4.78 is 18.8. The molecule has 0 heterocycles. The molecule has 0 aliphatic carbocycles. The van der Waals surface area contributed by atoms with Crippen LogP contribution in [0.15, 0.2) is 42.2 Å². The molecule has 0 radical (unpaired) electrons. The molecule has 0 unspecified atom stereocenters. The normalized spacial score (nSPS) is 9.87. The second-order valence-corrected chi connectivity index (χ2v) is 4.02.